The average molecular weight is 458 g/mol. The first-order valence-electron chi connectivity index (χ1n) is 10.5. The van der Waals surface area contributed by atoms with Crippen LogP contribution in [0.5, 0.6) is 11.5 Å². The van der Waals surface area contributed by atoms with Crippen LogP contribution in [0.2, 0.25) is 0 Å². The highest BCUT2D eigenvalue weighted by Crippen LogP contribution is 2.22. The van der Waals surface area contributed by atoms with Crippen LogP contribution in [-0.4, -0.2) is 44.3 Å². The Morgan fingerprint density at radius 3 is 2.18 bits per heavy atom. The minimum Gasteiger partial charge on any atom is -0.497 e. The van der Waals surface area contributed by atoms with E-state index in [9.17, 15) is 14.4 Å². The molecule has 2 rings (SSSR count). The summed E-state index contributed by atoms with van der Waals surface area (Å²) in [6.45, 7) is 5.72. The molecule has 2 aromatic rings. The van der Waals surface area contributed by atoms with Gasteiger partial charge >= 0.3 is 6.09 Å². The number of benzene rings is 2. The molecule has 3 amide bonds. The Kier molecular flexibility index (Phi) is 9.08. The van der Waals surface area contributed by atoms with Gasteiger partial charge in [0.15, 0.2) is 0 Å². The second kappa shape index (κ2) is 11.8. The van der Waals surface area contributed by atoms with Crippen LogP contribution in [0.1, 0.15) is 43.1 Å². The highest BCUT2D eigenvalue weighted by Gasteiger charge is 2.16. The van der Waals surface area contributed by atoms with E-state index < -0.39 is 11.7 Å². The van der Waals surface area contributed by atoms with Crippen LogP contribution < -0.4 is 25.4 Å². The molecule has 0 aliphatic rings. The lowest BCUT2D eigenvalue weighted by molar-refractivity contribution is -0.116. The van der Waals surface area contributed by atoms with Crippen molar-refractivity contribution in [1.29, 1.82) is 0 Å². The minimum atomic E-state index is -0.596. The molecule has 0 aromatic heterocycles. The molecule has 0 spiro atoms. The number of hydrogen-bond donors (Lipinski definition) is 3. The van der Waals surface area contributed by atoms with E-state index in [1.165, 1.54) is 14.2 Å². The molecule has 0 aliphatic carbocycles. The number of carbonyl (C=O) groups excluding carboxylic acids is 3. The fourth-order valence-electron chi connectivity index (χ4n) is 2.80. The maximum atomic E-state index is 12.5. The van der Waals surface area contributed by atoms with E-state index in [0.717, 1.165) is 5.56 Å². The molecule has 3 N–H and O–H groups in total. The molecule has 33 heavy (non-hydrogen) atoms. The van der Waals surface area contributed by atoms with Crippen molar-refractivity contribution in [3.05, 3.63) is 53.6 Å². The number of hydrogen-bond acceptors (Lipinski definition) is 6. The molecule has 0 unspecified atom stereocenters. The summed E-state index contributed by atoms with van der Waals surface area (Å²) in [5.41, 5.74) is 1.21. The minimum absolute atomic E-state index is 0.0951. The smallest absolute Gasteiger partial charge is 0.407 e. The monoisotopic (exact) mass is 457 g/mol. The summed E-state index contributed by atoms with van der Waals surface area (Å²) in [7, 11) is 3.04. The van der Waals surface area contributed by atoms with Crippen molar-refractivity contribution in [3.8, 4) is 11.5 Å². The standard InChI is InChI=1S/C24H31N3O6/c1-24(2,3)33-23(30)25-10-9-21(28)27-18-8-6-7-16(11-18)15-26-22(29)17-12-19(31-4)14-20(13-17)32-5/h6-8,11-14H,9-10,15H2,1-5H3,(H,25,30)(H,26,29)(H,27,28). The van der Waals surface area contributed by atoms with Crippen LogP contribution in [0.15, 0.2) is 42.5 Å². The van der Waals surface area contributed by atoms with E-state index in [4.69, 9.17) is 14.2 Å². The number of methoxy groups -OCH3 is 2. The number of amides is 3. The topological polar surface area (TPSA) is 115 Å². The predicted octanol–water partition coefficient (Wildman–Crippen LogP) is 3.49. The van der Waals surface area contributed by atoms with Crippen LogP contribution in [0.25, 0.3) is 0 Å². The first kappa shape index (κ1) is 25.5. The van der Waals surface area contributed by atoms with Crippen molar-refractivity contribution in [2.24, 2.45) is 0 Å². The summed E-state index contributed by atoms with van der Waals surface area (Å²) in [5.74, 6) is 0.501. The lowest BCUT2D eigenvalue weighted by Crippen LogP contribution is -2.34. The fourth-order valence-corrected chi connectivity index (χ4v) is 2.80. The normalized spacial score (nSPS) is 10.7. The fraction of sp³-hybridized carbons (Fsp3) is 0.375. The quantitative estimate of drug-likeness (QED) is 0.531. The molecule has 9 nitrogen and oxygen atoms in total. The third kappa shape index (κ3) is 9.10. The lowest BCUT2D eigenvalue weighted by atomic mass is 10.1. The maximum Gasteiger partial charge on any atom is 0.407 e. The summed E-state index contributed by atoms with van der Waals surface area (Å²) < 4.78 is 15.5. The van der Waals surface area contributed by atoms with Crippen LogP contribution in [0.3, 0.4) is 0 Å². The van der Waals surface area contributed by atoms with Gasteiger partial charge in [-0.2, -0.15) is 0 Å². The Bertz CT molecular complexity index is 962. The van der Waals surface area contributed by atoms with Crippen LogP contribution in [0, 0.1) is 0 Å². The van der Waals surface area contributed by atoms with Crippen molar-refractivity contribution in [2.45, 2.75) is 39.3 Å². The zero-order valence-corrected chi connectivity index (χ0v) is 19.6. The van der Waals surface area contributed by atoms with Gasteiger partial charge in [0.25, 0.3) is 5.91 Å². The molecule has 0 saturated heterocycles. The highest BCUT2D eigenvalue weighted by molar-refractivity contribution is 5.95. The third-order valence-corrected chi connectivity index (χ3v) is 4.30. The number of carbonyl (C=O) groups is 3. The second-order valence-electron chi connectivity index (χ2n) is 8.21. The van der Waals surface area contributed by atoms with Crippen LogP contribution >= 0.6 is 0 Å². The van der Waals surface area contributed by atoms with Gasteiger partial charge in [-0.05, 0) is 50.6 Å². The van der Waals surface area contributed by atoms with Crippen molar-refractivity contribution in [1.82, 2.24) is 10.6 Å². The number of ether oxygens (including phenoxy) is 3. The van der Waals surface area contributed by atoms with E-state index in [1.807, 2.05) is 6.07 Å². The van der Waals surface area contributed by atoms with Gasteiger partial charge in [-0.25, -0.2) is 4.79 Å². The average Bonchev–Trinajstić information content (AvgIpc) is 2.76. The Morgan fingerprint density at radius 1 is 0.909 bits per heavy atom. The SMILES string of the molecule is COc1cc(OC)cc(C(=O)NCc2cccc(NC(=O)CCNC(=O)OC(C)(C)C)c2)c1. The molecule has 9 heteroatoms. The molecule has 0 radical (unpaired) electrons. The van der Waals surface area contributed by atoms with Gasteiger partial charge in [0.05, 0.1) is 14.2 Å². The summed E-state index contributed by atoms with van der Waals surface area (Å²) in [4.78, 5) is 36.3. The molecule has 178 valence electrons. The summed E-state index contributed by atoms with van der Waals surface area (Å²) >= 11 is 0. The van der Waals surface area contributed by atoms with E-state index in [0.29, 0.717) is 22.7 Å². The van der Waals surface area contributed by atoms with Gasteiger partial charge in [0.1, 0.15) is 17.1 Å². The van der Waals surface area contributed by atoms with Gasteiger partial charge in [0.2, 0.25) is 5.91 Å². The van der Waals surface area contributed by atoms with Crippen molar-refractivity contribution >= 4 is 23.6 Å². The molecule has 0 saturated carbocycles. The van der Waals surface area contributed by atoms with Gasteiger partial charge in [0, 0.05) is 36.8 Å². The number of rotatable bonds is 9. The van der Waals surface area contributed by atoms with E-state index in [1.54, 1.807) is 57.2 Å². The predicted molar refractivity (Wildman–Crippen MR) is 125 cm³/mol. The molecular formula is C24H31N3O6. The Labute approximate surface area is 193 Å². The van der Waals surface area contributed by atoms with Gasteiger partial charge in [-0.1, -0.05) is 12.1 Å². The summed E-state index contributed by atoms with van der Waals surface area (Å²) in [6, 6.07) is 12.1. The molecule has 0 heterocycles. The second-order valence-corrected chi connectivity index (χ2v) is 8.21. The Morgan fingerprint density at radius 2 is 1.58 bits per heavy atom. The molecule has 0 bridgehead atoms. The lowest BCUT2D eigenvalue weighted by Gasteiger charge is -2.19. The van der Waals surface area contributed by atoms with Crippen molar-refractivity contribution < 1.29 is 28.6 Å². The zero-order chi connectivity index (χ0) is 24.4. The summed E-state index contributed by atoms with van der Waals surface area (Å²) in [6.07, 6.45) is -0.473. The highest BCUT2D eigenvalue weighted by atomic mass is 16.6. The Hall–Kier alpha value is -3.75. The molecule has 0 atom stereocenters. The molecule has 0 fully saturated rings. The van der Waals surface area contributed by atoms with Gasteiger partial charge in [-0.15, -0.1) is 0 Å². The van der Waals surface area contributed by atoms with Crippen molar-refractivity contribution in [3.63, 3.8) is 0 Å². The van der Waals surface area contributed by atoms with E-state index >= 15 is 0 Å². The first-order valence-corrected chi connectivity index (χ1v) is 10.5. The number of alkyl carbamates (subject to hydrolysis) is 1. The molecule has 0 aliphatic heterocycles. The van der Waals surface area contributed by atoms with Crippen molar-refractivity contribution in [2.75, 3.05) is 26.1 Å². The Balaban J connectivity index is 1.86. The van der Waals surface area contributed by atoms with E-state index in [-0.39, 0.29) is 31.3 Å². The van der Waals surface area contributed by atoms with E-state index in [2.05, 4.69) is 16.0 Å². The maximum absolute atomic E-state index is 12.5. The van der Waals surface area contributed by atoms with Crippen LogP contribution in [-0.2, 0) is 16.1 Å². The molecule has 2 aromatic carbocycles. The number of anilines is 1. The van der Waals surface area contributed by atoms with Gasteiger partial charge in [-0.3, -0.25) is 9.59 Å². The third-order valence-electron chi connectivity index (χ3n) is 4.30. The molecular weight excluding hydrogens is 426 g/mol. The largest absolute Gasteiger partial charge is 0.497 e. The zero-order valence-electron chi connectivity index (χ0n) is 19.6. The van der Waals surface area contributed by atoms with Gasteiger partial charge < -0.3 is 30.2 Å². The number of nitrogens with one attached hydrogen (secondary N) is 3. The van der Waals surface area contributed by atoms with Crippen LogP contribution in [0.4, 0.5) is 10.5 Å². The first-order chi connectivity index (χ1) is 15.6. The summed E-state index contributed by atoms with van der Waals surface area (Å²) in [5, 5.41) is 8.16.